The van der Waals surface area contributed by atoms with Crippen LogP contribution in [-0.4, -0.2) is 13.7 Å². The van der Waals surface area contributed by atoms with Crippen LogP contribution < -0.4 is 0 Å². The second-order valence-corrected chi connectivity index (χ2v) is 20.2. The Hall–Kier alpha value is -9.18. The molecule has 18 rings (SSSR count). The van der Waals surface area contributed by atoms with Gasteiger partial charge in [-0.1, -0.05) is 164 Å². The molecule has 0 fully saturated rings. The number of para-hydroxylation sites is 6. The maximum Gasteiger partial charge on any atom is 0.0648 e. The lowest BCUT2D eigenvalue weighted by atomic mass is 9.59. The lowest BCUT2D eigenvalue weighted by Crippen LogP contribution is -2.42. The average Bonchev–Trinajstić information content (AvgIpc) is 4.29. The third-order valence-corrected chi connectivity index (χ3v) is 17.4. The van der Waals surface area contributed by atoms with Crippen molar-refractivity contribution in [1.29, 1.82) is 0 Å². The summed E-state index contributed by atoms with van der Waals surface area (Å²) < 4.78 is 7.58. The summed E-state index contributed by atoms with van der Waals surface area (Å²) in [4.78, 5) is 0. The minimum absolute atomic E-state index is 0.580. The number of rotatable bonds is 3. The predicted molar refractivity (Wildman–Crippen MR) is 295 cm³/mol. The molecule has 3 aliphatic rings. The SMILES string of the molecule is c1ccc(-n2c3ccccc3c3cc4c5c(cccc5c32)C23c5cccc6c5c(cc5c7ccccc7n(-c7ccccc7)c65)C42c2cc4c5ccccc5n(-c5ccccc5)c4c4cccc3c24)cc1. The van der Waals surface area contributed by atoms with Crippen LogP contribution in [0.1, 0.15) is 33.4 Å². The first-order valence-corrected chi connectivity index (χ1v) is 24.9. The normalized spacial score (nSPS) is 17.4. The van der Waals surface area contributed by atoms with E-state index >= 15 is 0 Å². The number of benzene rings is 12. The van der Waals surface area contributed by atoms with Gasteiger partial charge in [0.2, 0.25) is 0 Å². The summed E-state index contributed by atoms with van der Waals surface area (Å²) in [6.45, 7) is 0. The van der Waals surface area contributed by atoms with Crippen molar-refractivity contribution in [1.82, 2.24) is 13.7 Å². The van der Waals surface area contributed by atoms with Crippen LogP contribution in [0.3, 0.4) is 0 Å². The molecule has 0 saturated carbocycles. The van der Waals surface area contributed by atoms with Crippen molar-refractivity contribution in [2.24, 2.45) is 0 Å². The van der Waals surface area contributed by atoms with E-state index in [-0.39, 0.29) is 0 Å². The van der Waals surface area contributed by atoms with Gasteiger partial charge in [-0.05, 0) is 122 Å². The van der Waals surface area contributed by atoms with E-state index in [1.807, 2.05) is 0 Å². The van der Waals surface area contributed by atoms with Gasteiger partial charge in [0.05, 0.1) is 43.9 Å². The van der Waals surface area contributed by atoms with E-state index in [1.165, 1.54) is 148 Å². The molecule has 0 N–H and O–H groups in total. The highest BCUT2D eigenvalue weighted by Gasteiger charge is 2.70. The first kappa shape index (κ1) is 36.8. The van der Waals surface area contributed by atoms with Gasteiger partial charge in [-0.15, -0.1) is 0 Å². The minimum atomic E-state index is -0.628. The van der Waals surface area contributed by atoms with Crippen molar-refractivity contribution in [3.63, 3.8) is 0 Å². The summed E-state index contributed by atoms with van der Waals surface area (Å²) in [5, 5.41) is 15.7. The molecule has 15 aromatic rings. The Morgan fingerprint density at radius 2 is 0.479 bits per heavy atom. The summed E-state index contributed by atoms with van der Waals surface area (Å²) in [7, 11) is 0. The Labute approximate surface area is 407 Å². The summed E-state index contributed by atoms with van der Waals surface area (Å²) >= 11 is 0. The van der Waals surface area contributed by atoms with Crippen LogP contribution in [0.15, 0.2) is 237 Å². The molecule has 326 valence electrons. The summed E-state index contributed by atoms with van der Waals surface area (Å²) in [5.74, 6) is 0. The van der Waals surface area contributed by atoms with Gasteiger partial charge in [-0.3, -0.25) is 0 Å². The highest BCUT2D eigenvalue weighted by atomic mass is 15.0. The monoisotopic (exact) mass is 897 g/mol. The van der Waals surface area contributed by atoms with Crippen LogP contribution in [0, 0.1) is 0 Å². The first-order valence-electron chi connectivity index (χ1n) is 24.9. The first-order chi connectivity index (χ1) is 35.3. The smallest absolute Gasteiger partial charge is 0.0648 e. The number of hydrogen-bond acceptors (Lipinski definition) is 0. The Balaban J connectivity index is 1.10. The second kappa shape index (κ2) is 12.5. The standard InChI is InChI=1S/C68H39N3/c1-4-19-40(20-5-1)69-58-34-13-10-25-43(58)49-37-55-61-46(64(49)69)28-16-31-52(61)67-53-32-17-29-47-62(53)56(38-50-44-26-11-14-35-59(44)70(65(47)50)41-21-6-2-7-22-41)68(55,67)57-39-51-45-27-12-15-36-60(45)71(42-23-8-3-9-24-42)66(51)48-30-18-33-54(67)63(48)57/h1-39H. The molecule has 3 nitrogen and oxygen atoms in total. The zero-order chi connectivity index (χ0) is 45.9. The van der Waals surface area contributed by atoms with Crippen molar-refractivity contribution in [2.45, 2.75) is 10.8 Å². The summed E-state index contributed by atoms with van der Waals surface area (Å²) in [5.41, 5.74) is 18.2. The molecule has 0 unspecified atom stereocenters. The van der Waals surface area contributed by atoms with Crippen LogP contribution in [0.25, 0.3) is 115 Å². The lowest BCUT2D eigenvalue weighted by Gasteiger charge is -2.40. The number of hydrogen-bond donors (Lipinski definition) is 0. The molecule has 3 heteroatoms. The highest BCUT2D eigenvalue weighted by Crippen LogP contribution is 2.77. The van der Waals surface area contributed by atoms with E-state index in [0.717, 1.165) is 0 Å². The maximum atomic E-state index is 2.66. The van der Waals surface area contributed by atoms with Gasteiger partial charge in [0.1, 0.15) is 0 Å². The topological polar surface area (TPSA) is 14.8 Å². The van der Waals surface area contributed by atoms with Crippen LogP contribution in [0.4, 0.5) is 0 Å². The van der Waals surface area contributed by atoms with E-state index in [2.05, 4.69) is 250 Å². The molecule has 71 heavy (non-hydrogen) atoms. The van der Waals surface area contributed by atoms with Gasteiger partial charge in [0, 0.05) is 65.5 Å². The molecular weight excluding hydrogens is 859 g/mol. The number of fused-ring (bicyclic) bond motifs is 12. The Morgan fingerprint density at radius 1 is 0.211 bits per heavy atom. The van der Waals surface area contributed by atoms with Crippen molar-refractivity contribution in [3.05, 3.63) is 270 Å². The molecule has 0 amide bonds. The van der Waals surface area contributed by atoms with Crippen LogP contribution in [-0.2, 0) is 10.8 Å². The average molecular weight is 898 g/mol. The van der Waals surface area contributed by atoms with Crippen LogP contribution in [0.5, 0.6) is 0 Å². The van der Waals surface area contributed by atoms with Crippen molar-refractivity contribution in [3.8, 4) is 17.1 Å². The molecule has 0 atom stereocenters. The molecule has 0 bridgehead atoms. The van der Waals surface area contributed by atoms with Gasteiger partial charge in [-0.2, -0.15) is 0 Å². The molecule has 12 aromatic carbocycles. The predicted octanol–water partition coefficient (Wildman–Crippen LogP) is 16.7. The fourth-order valence-corrected chi connectivity index (χ4v) is 15.2. The number of nitrogens with zero attached hydrogens (tertiary/aromatic N) is 3. The van der Waals surface area contributed by atoms with Crippen molar-refractivity contribution >= 4 is 97.7 Å². The minimum Gasteiger partial charge on any atom is -0.309 e. The number of aromatic nitrogens is 3. The van der Waals surface area contributed by atoms with Gasteiger partial charge in [0.15, 0.2) is 0 Å². The molecular formula is C68H39N3. The van der Waals surface area contributed by atoms with Gasteiger partial charge >= 0.3 is 0 Å². The zero-order valence-electron chi connectivity index (χ0n) is 38.4. The maximum absolute atomic E-state index is 2.66. The van der Waals surface area contributed by atoms with E-state index in [4.69, 9.17) is 0 Å². The molecule has 0 saturated heterocycles. The molecule has 0 radical (unpaired) electrons. The lowest BCUT2D eigenvalue weighted by molar-refractivity contribution is 0.492. The van der Waals surface area contributed by atoms with Crippen LogP contribution >= 0.6 is 0 Å². The largest absolute Gasteiger partial charge is 0.309 e. The van der Waals surface area contributed by atoms with Gasteiger partial charge < -0.3 is 13.7 Å². The molecule has 3 aromatic heterocycles. The Bertz CT molecular complexity index is 4420. The van der Waals surface area contributed by atoms with E-state index in [1.54, 1.807) is 0 Å². The summed E-state index contributed by atoms with van der Waals surface area (Å²) in [6, 6.07) is 90.0. The third kappa shape index (κ3) is 3.95. The fraction of sp³-hybridized carbons (Fsp3) is 0.0294. The van der Waals surface area contributed by atoms with Gasteiger partial charge in [0.25, 0.3) is 0 Å². The fourth-order valence-electron chi connectivity index (χ4n) is 15.2. The van der Waals surface area contributed by atoms with E-state index < -0.39 is 10.8 Å². The van der Waals surface area contributed by atoms with Crippen molar-refractivity contribution < 1.29 is 0 Å². The zero-order valence-corrected chi connectivity index (χ0v) is 38.4. The Kier molecular flexibility index (Phi) is 6.49. The molecule has 0 spiro atoms. The van der Waals surface area contributed by atoms with Gasteiger partial charge in [-0.25, -0.2) is 0 Å². The molecule has 3 heterocycles. The highest BCUT2D eigenvalue weighted by molar-refractivity contribution is 6.29. The van der Waals surface area contributed by atoms with Crippen LogP contribution in [0.2, 0.25) is 0 Å². The molecule has 0 aliphatic heterocycles. The summed E-state index contributed by atoms with van der Waals surface area (Å²) in [6.07, 6.45) is 0. The second-order valence-electron chi connectivity index (χ2n) is 20.2. The van der Waals surface area contributed by atoms with Crippen molar-refractivity contribution in [2.75, 3.05) is 0 Å². The third-order valence-electron chi connectivity index (χ3n) is 17.4. The molecule has 3 aliphatic carbocycles. The Morgan fingerprint density at radius 3 is 0.803 bits per heavy atom. The quantitative estimate of drug-likeness (QED) is 0.168. The van der Waals surface area contributed by atoms with E-state index in [0.29, 0.717) is 0 Å². The van der Waals surface area contributed by atoms with E-state index in [9.17, 15) is 0 Å².